The number of nitrogens with two attached hydrogens (primary N) is 1. The van der Waals surface area contributed by atoms with Crippen LogP contribution >= 0.6 is 11.3 Å². The number of thiazole rings is 1. The van der Waals surface area contributed by atoms with E-state index in [-0.39, 0.29) is 15.3 Å². The summed E-state index contributed by atoms with van der Waals surface area (Å²) in [5.74, 6) is -2.46. The van der Waals surface area contributed by atoms with E-state index in [1.54, 1.807) is 0 Å². The van der Waals surface area contributed by atoms with Gasteiger partial charge in [-0.25, -0.2) is 13.8 Å². The highest BCUT2D eigenvalue weighted by molar-refractivity contribution is 7.22. The first-order chi connectivity index (χ1) is 6.09. The predicted octanol–water partition coefficient (Wildman–Crippen LogP) is 1.86. The number of aromatic nitrogens is 1. The van der Waals surface area contributed by atoms with E-state index in [1.165, 1.54) is 0 Å². The van der Waals surface area contributed by atoms with Gasteiger partial charge in [-0.15, -0.1) is 0 Å². The molecule has 0 bridgehead atoms. The van der Waals surface area contributed by atoms with Gasteiger partial charge < -0.3 is 10.8 Å². The highest BCUT2D eigenvalue weighted by atomic mass is 32.1. The largest absolute Gasteiger partial charge is 0.503 e. The van der Waals surface area contributed by atoms with Gasteiger partial charge >= 0.3 is 0 Å². The van der Waals surface area contributed by atoms with Crippen LogP contribution in [0.15, 0.2) is 6.07 Å². The van der Waals surface area contributed by atoms with Crippen LogP contribution in [0.5, 0.6) is 5.75 Å². The van der Waals surface area contributed by atoms with Crippen molar-refractivity contribution in [2.24, 2.45) is 0 Å². The molecule has 3 N–H and O–H groups in total. The fourth-order valence-electron chi connectivity index (χ4n) is 1.02. The third-order valence-corrected chi connectivity index (χ3v) is 2.46. The number of anilines is 1. The van der Waals surface area contributed by atoms with E-state index in [1.807, 2.05) is 0 Å². The summed E-state index contributed by atoms with van der Waals surface area (Å²) in [6.45, 7) is 0. The number of phenolic OH excluding ortho intramolecular Hbond substituents is 1. The van der Waals surface area contributed by atoms with Gasteiger partial charge in [-0.2, -0.15) is 0 Å². The standard InChI is InChI=1S/C7H4F2N2OS/c8-2-1-3(9)6-4(5(2)12)11-7(10)13-6/h1,12H,(H2,10,11). The lowest BCUT2D eigenvalue weighted by Gasteiger charge is -1.95. The highest BCUT2D eigenvalue weighted by Gasteiger charge is 2.15. The second kappa shape index (κ2) is 2.53. The molecule has 0 atom stereocenters. The first-order valence-electron chi connectivity index (χ1n) is 3.32. The van der Waals surface area contributed by atoms with E-state index < -0.39 is 17.4 Å². The summed E-state index contributed by atoms with van der Waals surface area (Å²) >= 11 is 0.867. The van der Waals surface area contributed by atoms with E-state index in [2.05, 4.69) is 4.98 Å². The number of hydrogen-bond acceptors (Lipinski definition) is 4. The molecule has 0 unspecified atom stereocenters. The third kappa shape index (κ3) is 1.10. The molecule has 0 amide bonds. The van der Waals surface area contributed by atoms with E-state index in [4.69, 9.17) is 10.8 Å². The minimum Gasteiger partial charge on any atom is -0.503 e. The molecule has 0 aliphatic heterocycles. The van der Waals surface area contributed by atoms with Crippen LogP contribution in [0.25, 0.3) is 10.2 Å². The fraction of sp³-hybridized carbons (Fsp3) is 0. The molecule has 0 radical (unpaired) electrons. The molecule has 1 aromatic carbocycles. The maximum absolute atomic E-state index is 13.0. The number of aromatic hydroxyl groups is 1. The average molecular weight is 202 g/mol. The van der Waals surface area contributed by atoms with Crippen molar-refractivity contribution in [3.8, 4) is 5.75 Å². The molecular formula is C7H4F2N2OS. The van der Waals surface area contributed by atoms with Crippen molar-refractivity contribution in [1.29, 1.82) is 0 Å². The van der Waals surface area contributed by atoms with Crippen LogP contribution in [0.2, 0.25) is 0 Å². The Morgan fingerprint density at radius 3 is 2.77 bits per heavy atom. The molecule has 6 heteroatoms. The minimum atomic E-state index is -1.03. The lowest BCUT2D eigenvalue weighted by atomic mass is 10.3. The SMILES string of the molecule is Nc1nc2c(O)c(F)cc(F)c2s1. The molecule has 3 nitrogen and oxygen atoms in total. The molecule has 0 aliphatic carbocycles. The summed E-state index contributed by atoms with van der Waals surface area (Å²) in [4.78, 5) is 3.60. The molecule has 0 fully saturated rings. The van der Waals surface area contributed by atoms with Gasteiger partial charge in [0, 0.05) is 6.07 Å². The normalized spacial score (nSPS) is 10.9. The summed E-state index contributed by atoms with van der Waals surface area (Å²) in [6.07, 6.45) is 0. The molecule has 0 spiro atoms. The summed E-state index contributed by atoms with van der Waals surface area (Å²) in [5, 5.41) is 9.24. The van der Waals surface area contributed by atoms with Crippen LogP contribution in [-0.4, -0.2) is 10.1 Å². The van der Waals surface area contributed by atoms with E-state index in [9.17, 15) is 8.78 Å². The van der Waals surface area contributed by atoms with Gasteiger partial charge in [-0.3, -0.25) is 0 Å². The maximum Gasteiger partial charge on any atom is 0.181 e. The molecule has 0 saturated carbocycles. The maximum atomic E-state index is 13.0. The average Bonchev–Trinajstić information content (AvgIpc) is 2.44. The molecule has 13 heavy (non-hydrogen) atoms. The van der Waals surface area contributed by atoms with Crippen molar-refractivity contribution >= 4 is 26.7 Å². The van der Waals surface area contributed by atoms with Gasteiger partial charge in [0.05, 0.1) is 4.70 Å². The summed E-state index contributed by atoms with van der Waals surface area (Å²) in [6, 6.07) is 0.606. The number of benzene rings is 1. The van der Waals surface area contributed by atoms with E-state index in [0.717, 1.165) is 11.3 Å². The lowest BCUT2D eigenvalue weighted by molar-refractivity contribution is 0.434. The quantitative estimate of drug-likeness (QED) is 0.685. The van der Waals surface area contributed by atoms with Crippen molar-refractivity contribution in [2.75, 3.05) is 5.73 Å². The summed E-state index contributed by atoms with van der Waals surface area (Å²) in [5.41, 5.74) is 5.16. The van der Waals surface area contributed by atoms with Crippen molar-refractivity contribution in [2.45, 2.75) is 0 Å². The van der Waals surface area contributed by atoms with E-state index >= 15 is 0 Å². The molecular weight excluding hydrogens is 198 g/mol. The second-order valence-corrected chi connectivity index (χ2v) is 3.45. The van der Waals surface area contributed by atoms with E-state index in [0.29, 0.717) is 6.07 Å². The van der Waals surface area contributed by atoms with Crippen LogP contribution in [0.1, 0.15) is 0 Å². The van der Waals surface area contributed by atoms with Crippen LogP contribution in [0.4, 0.5) is 13.9 Å². The Balaban J connectivity index is 2.95. The van der Waals surface area contributed by atoms with Crippen molar-refractivity contribution in [3.05, 3.63) is 17.7 Å². The molecule has 1 aromatic heterocycles. The Labute approximate surface area is 75.4 Å². The minimum absolute atomic E-state index is 0.0661. The Morgan fingerprint density at radius 1 is 1.38 bits per heavy atom. The first kappa shape index (κ1) is 8.18. The van der Waals surface area contributed by atoms with Crippen molar-refractivity contribution in [3.63, 3.8) is 0 Å². The number of phenols is 1. The molecule has 2 rings (SSSR count). The topological polar surface area (TPSA) is 59.1 Å². The van der Waals surface area contributed by atoms with Crippen LogP contribution in [0.3, 0.4) is 0 Å². The first-order valence-corrected chi connectivity index (χ1v) is 4.14. The van der Waals surface area contributed by atoms with Gasteiger partial charge in [-0.05, 0) is 0 Å². The Kier molecular flexibility index (Phi) is 1.59. The summed E-state index contributed by atoms with van der Waals surface area (Å²) < 4.78 is 25.8. The van der Waals surface area contributed by atoms with Crippen LogP contribution in [0, 0.1) is 11.6 Å². The zero-order valence-electron chi connectivity index (χ0n) is 6.21. The Hall–Kier alpha value is -1.43. The highest BCUT2D eigenvalue weighted by Crippen LogP contribution is 2.34. The second-order valence-electron chi connectivity index (χ2n) is 2.42. The number of rotatable bonds is 0. The monoisotopic (exact) mass is 202 g/mol. The predicted molar refractivity (Wildman–Crippen MR) is 45.6 cm³/mol. The van der Waals surface area contributed by atoms with Crippen molar-refractivity contribution in [1.82, 2.24) is 4.98 Å². The van der Waals surface area contributed by atoms with Gasteiger partial charge in [0.2, 0.25) is 0 Å². The Bertz CT molecular complexity index is 483. The fourth-order valence-corrected chi connectivity index (χ4v) is 1.76. The lowest BCUT2D eigenvalue weighted by Crippen LogP contribution is -1.83. The third-order valence-electron chi connectivity index (χ3n) is 1.56. The van der Waals surface area contributed by atoms with Gasteiger partial charge in [-0.1, -0.05) is 11.3 Å². The zero-order chi connectivity index (χ0) is 9.59. The van der Waals surface area contributed by atoms with Gasteiger partial charge in [0.1, 0.15) is 11.3 Å². The number of fused-ring (bicyclic) bond motifs is 1. The molecule has 68 valence electrons. The smallest absolute Gasteiger partial charge is 0.181 e. The molecule has 1 heterocycles. The molecule has 0 saturated heterocycles. The molecule has 0 aliphatic rings. The van der Waals surface area contributed by atoms with Crippen LogP contribution in [-0.2, 0) is 0 Å². The van der Waals surface area contributed by atoms with Crippen molar-refractivity contribution < 1.29 is 13.9 Å². The van der Waals surface area contributed by atoms with Gasteiger partial charge in [0.15, 0.2) is 16.7 Å². The zero-order valence-corrected chi connectivity index (χ0v) is 7.03. The number of hydrogen-bond donors (Lipinski definition) is 2. The number of nitrogens with zero attached hydrogens (tertiary/aromatic N) is 1. The number of halogens is 2. The molecule has 2 aromatic rings. The number of nitrogen functional groups attached to an aromatic ring is 1. The van der Waals surface area contributed by atoms with Gasteiger partial charge in [0.25, 0.3) is 0 Å². The Morgan fingerprint density at radius 2 is 2.08 bits per heavy atom. The summed E-state index contributed by atoms with van der Waals surface area (Å²) in [7, 11) is 0. The van der Waals surface area contributed by atoms with Crippen LogP contribution < -0.4 is 5.73 Å².